The molecular weight excluding hydrogens is 396 g/mol. The highest BCUT2D eigenvalue weighted by Crippen LogP contribution is 2.30. The van der Waals surface area contributed by atoms with Crippen molar-refractivity contribution in [3.63, 3.8) is 0 Å². The van der Waals surface area contributed by atoms with Crippen molar-refractivity contribution in [2.24, 2.45) is 0 Å². The molecule has 4 aromatic rings. The quantitative estimate of drug-likeness (QED) is 0.321. The van der Waals surface area contributed by atoms with Crippen molar-refractivity contribution in [2.75, 3.05) is 20.0 Å². The number of ether oxygens (including phenoxy) is 2. The van der Waals surface area contributed by atoms with E-state index in [2.05, 4.69) is 12.1 Å². The van der Waals surface area contributed by atoms with E-state index in [1.807, 2.05) is 42.5 Å². The van der Waals surface area contributed by atoms with Crippen molar-refractivity contribution in [2.45, 2.75) is 11.6 Å². The lowest BCUT2D eigenvalue weighted by atomic mass is 10.2. The van der Waals surface area contributed by atoms with Crippen LogP contribution in [-0.4, -0.2) is 29.5 Å². The van der Waals surface area contributed by atoms with Crippen LogP contribution in [0.15, 0.2) is 82.7 Å². The standard InChI is InChI=1S/C24H22N2O3S/c1-28-18-12-13-22(29-2)21(16-18)26-23(27)19-10-6-7-11-20(19)25-24(26)30-15-14-17-8-4-3-5-9-17/h3-13,16H,14-15H2,1-2H3. The minimum absolute atomic E-state index is 0.130. The number of methoxy groups -OCH3 is 2. The number of rotatable bonds is 7. The molecule has 3 aromatic carbocycles. The monoisotopic (exact) mass is 418 g/mol. The largest absolute Gasteiger partial charge is 0.497 e. The van der Waals surface area contributed by atoms with E-state index < -0.39 is 0 Å². The summed E-state index contributed by atoms with van der Waals surface area (Å²) >= 11 is 1.55. The molecule has 0 N–H and O–H groups in total. The normalized spacial score (nSPS) is 10.9. The minimum Gasteiger partial charge on any atom is -0.497 e. The van der Waals surface area contributed by atoms with E-state index in [1.165, 1.54) is 5.56 Å². The zero-order chi connectivity index (χ0) is 20.9. The van der Waals surface area contributed by atoms with Crippen molar-refractivity contribution in [3.05, 3.63) is 88.7 Å². The van der Waals surface area contributed by atoms with Crippen molar-refractivity contribution in [1.82, 2.24) is 9.55 Å². The van der Waals surface area contributed by atoms with E-state index >= 15 is 0 Å². The lowest BCUT2D eigenvalue weighted by Crippen LogP contribution is -2.22. The molecule has 0 fully saturated rings. The van der Waals surface area contributed by atoms with E-state index in [9.17, 15) is 4.79 Å². The first-order chi connectivity index (χ1) is 14.7. The van der Waals surface area contributed by atoms with Gasteiger partial charge in [-0.25, -0.2) is 4.98 Å². The van der Waals surface area contributed by atoms with Crippen molar-refractivity contribution < 1.29 is 9.47 Å². The molecule has 5 nitrogen and oxygen atoms in total. The van der Waals surface area contributed by atoms with Gasteiger partial charge in [0, 0.05) is 11.8 Å². The summed E-state index contributed by atoms with van der Waals surface area (Å²) in [7, 11) is 3.19. The van der Waals surface area contributed by atoms with E-state index in [-0.39, 0.29) is 5.56 Å². The molecule has 30 heavy (non-hydrogen) atoms. The van der Waals surface area contributed by atoms with Crippen LogP contribution in [0.3, 0.4) is 0 Å². The maximum absolute atomic E-state index is 13.5. The smallest absolute Gasteiger partial charge is 0.266 e. The van der Waals surface area contributed by atoms with Crippen LogP contribution in [-0.2, 0) is 6.42 Å². The summed E-state index contributed by atoms with van der Waals surface area (Å²) in [5, 5.41) is 1.19. The molecule has 0 saturated heterocycles. The van der Waals surface area contributed by atoms with E-state index in [0.29, 0.717) is 33.2 Å². The van der Waals surface area contributed by atoms with E-state index in [0.717, 1.165) is 12.2 Å². The number of aryl methyl sites for hydroxylation is 1. The van der Waals surface area contributed by atoms with Crippen LogP contribution >= 0.6 is 11.8 Å². The average molecular weight is 419 g/mol. The van der Waals surface area contributed by atoms with Crippen molar-refractivity contribution in [3.8, 4) is 17.2 Å². The van der Waals surface area contributed by atoms with Gasteiger partial charge in [-0.3, -0.25) is 9.36 Å². The van der Waals surface area contributed by atoms with Crippen LogP contribution in [0.5, 0.6) is 11.5 Å². The van der Waals surface area contributed by atoms with Crippen molar-refractivity contribution >= 4 is 22.7 Å². The van der Waals surface area contributed by atoms with E-state index in [4.69, 9.17) is 14.5 Å². The molecule has 0 spiro atoms. The summed E-state index contributed by atoms with van der Waals surface area (Å²) in [6.07, 6.45) is 0.878. The number of benzene rings is 3. The highest BCUT2D eigenvalue weighted by Gasteiger charge is 2.17. The van der Waals surface area contributed by atoms with Gasteiger partial charge in [-0.1, -0.05) is 54.2 Å². The number of hydrogen-bond donors (Lipinski definition) is 0. The second-order valence-electron chi connectivity index (χ2n) is 6.67. The minimum atomic E-state index is -0.130. The first-order valence-electron chi connectivity index (χ1n) is 9.62. The Bertz CT molecular complexity index is 1220. The first kappa shape index (κ1) is 20.0. The molecule has 0 atom stereocenters. The maximum atomic E-state index is 13.5. The Morgan fingerprint density at radius 3 is 2.47 bits per heavy atom. The first-order valence-corrected chi connectivity index (χ1v) is 10.6. The SMILES string of the molecule is COc1ccc(OC)c(-n2c(SCCc3ccccc3)nc3ccccc3c2=O)c1. The third kappa shape index (κ3) is 4.04. The highest BCUT2D eigenvalue weighted by atomic mass is 32.2. The Kier molecular flexibility index (Phi) is 6.05. The Morgan fingerprint density at radius 1 is 0.933 bits per heavy atom. The fourth-order valence-electron chi connectivity index (χ4n) is 3.30. The summed E-state index contributed by atoms with van der Waals surface area (Å²) in [6, 6.07) is 23.1. The summed E-state index contributed by atoms with van der Waals surface area (Å²) in [5.74, 6) is 2.02. The lowest BCUT2D eigenvalue weighted by Gasteiger charge is -2.16. The van der Waals surface area contributed by atoms with Gasteiger partial charge < -0.3 is 9.47 Å². The van der Waals surface area contributed by atoms with Crippen LogP contribution in [0.1, 0.15) is 5.56 Å². The molecular formula is C24H22N2O3S. The van der Waals surface area contributed by atoms with Gasteiger partial charge in [0.1, 0.15) is 11.5 Å². The molecule has 0 aliphatic rings. The Labute approximate surface area is 179 Å². The predicted molar refractivity (Wildman–Crippen MR) is 121 cm³/mol. The molecule has 0 bridgehead atoms. The number of hydrogen-bond acceptors (Lipinski definition) is 5. The van der Waals surface area contributed by atoms with Gasteiger partial charge in [0.25, 0.3) is 5.56 Å². The molecule has 0 radical (unpaired) electrons. The van der Waals surface area contributed by atoms with Gasteiger partial charge in [0.05, 0.1) is 30.8 Å². The summed E-state index contributed by atoms with van der Waals surface area (Å²) < 4.78 is 12.6. The molecule has 1 aromatic heterocycles. The highest BCUT2D eigenvalue weighted by molar-refractivity contribution is 7.99. The molecule has 6 heteroatoms. The van der Waals surface area contributed by atoms with E-state index in [1.54, 1.807) is 48.7 Å². The number of fused-ring (bicyclic) bond motifs is 1. The molecule has 0 amide bonds. The summed E-state index contributed by atoms with van der Waals surface area (Å²) in [6.45, 7) is 0. The van der Waals surface area contributed by atoms with Crippen LogP contribution in [0, 0.1) is 0 Å². The fraction of sp³-hybridized carbons (Fsp3) is 0.167. The average Bonchev–Trinajstić information content (AvgIpc) is 2.79. The maximum Gasteiger partial charge on any atom is 0.266 e. The second-order valence-corrected chi connectivity index (χ2v) is 7.74. The van der Waals surface area contributed by atoms with Crippen LogP contribution < -0.4 is 15.0 Å². The second kappa shape index (κ2) is 9.05. The lowest BCUT2D eigenvalue weighted by molar-refractivity contribution is 0.400. The summed E-state index contributed by atoms with van der Waals surface area (Å²) in [5.41, 5.74) is 2.41. The number of nitrogens with zero attached hydrogens (tertiary/aromatic N) is 2. The van der Waals surface area contributed by atoms with Gasteiger partial charge >= 0.3 is 0 Å². The Morgan fingerprint density at radius 2 is 1.70 bits per heavy atom. The molecule has 0 aliphatic heterocycles. The van der Waals surface area contributed by atoms with Gasteiger partial charge in [-0.05, 0) is 36.2 Å². The molecule has 4 rings (SSSR count). The third-order valence-electron chi connectivity index (χ3n) is 4.84. The number of para-hydroxylation sites is 1. The Balaban J connectivity index is 1.82. The molecule has 152 valence electrons. The third-order valence-corrected chi connectivity index (χ3v) is 5.78. The predicted octanol–water partition coefficient (Wildman–Crippen LogP) is 4.74. The fourth-order valence-corrected chi connectivity index (χ4v) is 4.29. The van der Waals surface area contributed by atoms with Gasteiger partial charge in [-0.15, -0.1) is 0 Å². The molecule has 0 saturated carbocycles. The molecule has 0 unspecified atom stereocenters. The number of thioether (sulfide) groups is 1. The van der Waals surface area contributed by atoms with Crippen LogP contribution in [0.2, 0.25) is 0 Å². The van der Waals surface area contributed by atoms with Crippen molar-refractivity contribution in [1.29, 1.82) is 0 Å². The van der Waals surface area contributed by atoms with Crippen LogP contribution in [0.25, 0.3) is 16.6 Å². The van der Waals surface area contributed by atoms with Crippen LogP contribution in [0.4, 0.5) is 0 Å². The molecule has 1 heterocycles. The molecule has 0 aliphatic carbocycles. The summed E-state index contributed by atoms with van der Waals surface area (Å²) in [4.78, 5) is 18.3. The zero-order valence-electron chi connectivity index (χ0n) is 16.9. The Hall–Kier alpha value is -3.25. The number of aromatic nitrogens is 2. The topological polar surface area (TPSA) is 53.4 Å². The van der Waals surface area contributed by atoms with Gasteiger partial charge in [0.2, 0.25) is 0 Å². The van der Waals surface area contributed by atoms with Gasteiger partial charge in [0.15, 0.2) is 5.16 Å². The zero-order valence-corrected chi connectivity index (χ0v) is 17.7. The van der Waals surface area contributed by atoms with Gasteiger partial charge in [-0.2, -0.15) is 0 Å².